The van der Waals surface area contributed by atoms with Crippen molar-refractivity contribution in [3.63, 3.8) is 0 Å². The number of aryl methyl sites for hydroxylation is 1. The first-order chi connectivity index (χ1) is 11.7. The summed E-state index contributed by atoms with van der Waals surface area (Å²) in [6.45, 7) is 3.82. The molecule has 2 atom stereocenters. The number of piperidine rings is 1. The summed E-state index contributed by atoms with van der Waals surface area (Å²) in [4.78, 5) is 20.6. The first-order valence-corrected chi connectivity index (χ1v) is 9.86. The minimum atomic E-state index is 0.191. The quantitative estimate of drug-likeness (QED) is 0.789. The third kappa shape index (κ3) is 3.00. The topological polar surface area (TPSA) is 33.2 Å². The maximum atomic E-state index is 13.0. The zero-order chi connectivity index (χ0) is 16.5. The number of benzene rings is 1. The number of nitrogens with zero attached hydrogens (tertiary/aromatic N) is 2. The van der Waals surface area contributed by atoms with E-state index in [1.807, 2.05) is 25.1 Å². The Morgan fingerprint density at radius 1 is 1.12 bits per heavy atom. The van der Waals surface area contributed by atoms with Crippen molar-refractivity contribution in [2.75, 3.05) is 13.1 Å². The van der Waals surface area contributed by atoms with Crippen LogP contribution in [0.15, 0.2) is 30.3 Å². The Balaban J connectivity index is 1.53. The van der Waals surface area contributed by atoms with E-state index in [1.165, 1.54) is 32.1 Å². The van der Waals surface area contributed by atoms with Crippen molar-refractivity contribution in [3.8, 4) is 10.6 Å². The summed E-state index contributed by atoms with van der Waals surface area (Å²) < 4.78 is 0. The van der Waals surface area contributed by atoms with E-state index in [9.17, 15) is 4.79 Å². The van der Waals surface area contributed by atoms with Gasteiger partial charge in [0.25, 0.3) is 5.91 Å². The van der Waals surface area contributed by atoms with Crippen LogP contribution in [-0.2, 0) is 0 Å². The zero-order valence-corrected chi connectivity index (χ0v) is 15.0. The normalized spacial score (nSPS) is 23.8. The Hall–Kier alpha value is -1.68. The lowest BCUT2D eigenvalue weighted by molar-refractivity contribution is 0.0524. The Morgan fingerprint density at radius 2 is 1.88 bits per heavy atom. The van der Waals surface area contributed by atoms with Gasteiger partial charge in [-0.05, 0) is 31.6 Å². The van der Waals surface area contributed by atoms with E-state index >= 15 is 0 Å². The molecule has 24 heavy (non-hydrogen) atoms. The largest absolute Gasteiger partial charge is 0.338 e. The number of rotatable bonds is 2. The van der Waals surface area contributed by atoms with Crippen molar-refractivity contribution in [1.29, 1.82) is 0 Å². The van der Waals surface area contributed by atoms with E-state index in [0.29, 0.717) is 0 Å². The van der Waals surface area contributed by atoms with Gasteiger partial charge >= 0.3 is 0 Å². The molecule has 126 valence electrons. The predicted molar refractivity (Wildman–Crippen MR) is 98.3 cm³/mol. The zero-order valence-electron chi connectivity index (χ0n) is 14.2. The first kappa shape index (κ1) is 15.8. The minimum Gasteiger partial charge on any atom is -0.338 e. The van der Waals surface area contributed by atoms with Gasteiger partial charge in [0.15, 0.2) is 0 Å². The fourth-order valence-electron chi connectivity index (χ4n) is 4.23. The molecule has 0 spiro atoms. The monoisotopic (exact) mass is 340 g/mol. The highest BCUT2D eigenvalue weighted by Crippen LogP contribution is 2.37. The molecule has 1 amide bonds. The number of hydrogen-bond acceptors (Lipinski definition) is 3. The highest BCUT2D eigenvalue weighted by Gasteiger charge is 2.34. The van der Waals surface area contributed by atoms with Crippen LogP contribution in [0.5, 0.6) is 0 Å². The molecule has 1 aliphatic carbocycles. The molecule has 2 aliphatic rings. The number of fused-ring (bicyclic) bond motifs is 1. The smallest absolute Gasteiger partial charge is 0.265 e. The van der Waals surface area contributed by atoms with Gasteiger partial charge in [-0.15, -0.1) is 11.3 Å². The maximum Gasteiger partial charge on any atom is 0.265 e. The van der Waals surface area contributed by atoms with Crippen LogP contribution in [0.2, 0.25) is 0 Å². The van der Waals surface area contributed by atoms with Gasteiger partial charge in [0, 0.05) is 18.7 Å². The summed E-state index contributed by atoms with van der Waals surface area (Å²) >= 11 is 1.54. The van der Waals surface area contributed by atoms with Crippen LogP contribution in [0.4, 0.5) is 0 Å². The Morgan fingerprint density at radius 3 is 2.67 bits per heavy atom. The molecule has 4 heteroatoms. The van der Waals surface area contributed by atoms with Crippen LogP contribution in [0.1, 0.15) is 47.5 Å². The molecule has 0 radical (unpaired) electrons. The minimum absolute atomic E-state index is 0.191. The molecular formula is C20H24N2OS. The average Bonchev–Trinajstić information content (AvgIpc) is 3.03. The van der Waals surface area contributed by atoms with E-state index in [4.69, 9.17) is 0 Å². The molecule has 0 unspecified atom stereocenters. The lowest BCUT2D eigenvalue weighted by Gasteiger charge is -2.41. The molecule has 0 bridgehead atoms. The number of thiazole rings is 1. The fourth-order valence-corrected chi connectivity index (χ4v) is 5.27. The van der Waals surface area contributed by atoms with Crippen molar-refractivity contribution in [1.82, 2.24) is 9.88 Å². The van der Waals surface area contributed by atoms with Crippen LogP contribution in [0.25, 0.3) is 10.6 Å². The average molecular weight is 340 g/mol. The molecule has 1 aliphatic heterocycles. The number of aromatic nitrogens is 1. The molecule has 4 rings (SSSR count). The van der Waals surface area contributed by atoms with Gasteiger partial charge in [-0.1, -0.05) is 49.6 Å². The third-order valence-electron chi connectivity index (χ3n) is 5.59. The van der Waals surface area contributed by atoms with E-state index in [0.717, 1.165) is 46.1 Å². The van der Waals surface area contributed by atoms with Gasteiger partial charge in [0.1, 0.15) is 9.88 Å². The van der Waals surface area contributed by atoms with Gasteiger partial charge in [0.2, 0.25) is 0 Å². The molecule has 2 fully saturated rings. The second-order valence-corrected chi connectivity index (χ2v) is 8.14. The van der Waals surface area contributed by atoms with Crippen molar-refractivity contribution < 1.29 is 4.79 Å². The van der Waals surface area contributed by atoms with Gasteiger partial charge in [0.05, 0.1) is 5.69 Å². The Labute approximate surface area is 147 Å². The highest BCUT2D eigenvalue weighted by molar-refractivity contribution is 7.17. The van der Waals surface area contributed by atoms with Crippen molar-refractivity contribution in [2.24, 2.45) is 11.8 Å². The molecule has 1 saturated heterocycles. The van der Waals surface area contributed by atoms with Crippen LogP contribution in [-0.4, -0.2) is 28.9 Å². The number of carbonyl (C=O) groups is 1. The van der Waals surface area contributed by atoms with Crippen LogP contribution >= 0.6 is 11.3 Å². The predicted octanol–water partition coefficient (Wildman–Crippen LogP) is 4.77. The summed E-state index contributed by atoms with van der Waals surface area (Å²) in [5.74, 6) is 1.76. The standard InChI is InChI=1S/C20H24N2OS/c1-14-18(24-19(21-14)16-8-3-2-4-9-16)20(23)22-12-11-15-7-5-6-10-17(15)13-22/h2-4,8-9,15,17H,5-7,10-13H2,1H3/t15-,17-/m0/s1. The third-order valence-corrected chi connectivity index (χ3v) is 6.78. The second-order valence-electron chi connectivity index (χ2n) is 7.14. The fraction of sp³-hybridized carbons (Fsp3) is 0.500. The van der Waals surface area contributed by atoms with Crippen molar-refractivity contribution in [3.05, 3.63) is 40.9 Å². The maximum absolute atomic E-state index is 13.0. The molecular weight excluding hydrogens is 316 g/mol. The highest BCUT2D eigenvalue weighted by atomic mass is 32.1. The van der Waals surface area contributed by atoms with Crippen LogP contribution < -0.4 is 0 Å². The Bertz CT molecular complexity index is 724. The second kappa shape index (κ2) is 6.67. The lowest BCUT2D eigenvalue weighted by atomic mass is 9.75. The SMILES string of the molecule is Cc1nc(-c2ccccc2)sc1C(=O)N1CC[C@@H]2CCCC[C@H]2C1. The Kier molecular flexibility index (Phi) is 4.40. The number of carbonyl (C=O) groups excluding carboxylic acids is 1. The molecule has 2 heterocycles. The molecule has 3 nitrogen and oxygen atoms in total. The van der Waals surface area contributed by atoms with Crippen molar-refractivity contribution >= 4 is 17.2 Å². The van der Waals surface area contributed by atoms with Gasteiger partial charge in [-0.3, -0.25) is 4.79 Å². The van der Waals surface area contributed by atoms with E-state index < -0.39 is 0 Å². The van der Waals surface area contributed by atoms with Gasteiger partial charge in [-0.25, -0.2) is 4.98 Å². The summed E-state index contributed by atoms with van der Waals surface area (Å²) in [7, 11) is 0. The molecule has 1 saturated carbocycles. The molecule has 1 aromatic carbocycles. The van der Waals surface area contributed by atoms with Crippen LogP contribution in [0, 0.1) is 18.8 Å². The first-order valence-electron chi connectivity index (χ1n) is 9.04. The van der Waals surface area contributed by atoms with E-state index in [2.05, 4.69) is 22.0 Å². The summed E-state index contributed by atoms with van der Waals surface area (Å²) in [6, 6.07) is 10.1. The van der Waals surface area contributed by atoms with Gasteiger partial charge < -0.3 is 4.90 Å². The number of likely N-dealkylation sites (tertiary alicyclic amines) is 1. The van der Waals surface area contributed by atoms with E-state index in [1.54, 1.807) is 11.3 Å². The summed E-state index contributed by atoms with van der Waals surface area (Å²) in [5.41, 5.74) is 1.96. The van der Waals surface area contributed by atoms with Crippen LogP contribution in [0.3, 0.4) is 0 Å². The lowest BCUT2D eigenvalue weighted by Crippen LogP contribution is -2.44. The molecule has 1 aromatic heterocycles. The summed E-state index contributed by atoms with van der Waals surface area (Å²) in [5, 5.41) is 0.948. The summed E-state index contributed by atoms with van der Waals surface area (Å²) in [6.07, 6.45) is 6.56. The molecule has 0 N–H and O–H groups in total. The number of amides is 1. The van der Waals surface area contributed by atoms with E-state index in [-0.39, 0.29) is 5.91 Å². The van der Waals surface area contributed by atoms with Gasteiger partial charge in [-0.2, -0.15) is 0 Å². The number of hydrogen-bond donors (Lipinski definition) is 0. The molecule has 2 aromatic rings. The van der Waals surface area contributed by atoms with Crippen molar-refractivity contribution in [2.45, 2.75) is 39.0 Å².